The molecule has 1 aromatic heterocycles. The molecule has 0 unspecified atom stereocenters. The maximum atomic E-state index is 11.6. The Morgan fingerprint density at radius 1 is 1.30 bits per heavy atom. The van der Waals surface area contributed by atoms with Gasteiger partial charge >= 0.3 is 0 Å². The monoisotopic (exact) mass is 391 g/mol. The van der Waals surface area contributed by atoms with Gasteiger partial charge in [-0.05, 0) is 24.1 Å². The van der Waals surface area contributed by atoms with Gasteiger partial charge < -0.3 is 4.57 Å². The highest BCUT2D eigenvalue weighted by molar-refractivity contribution is 7.98. The van der Waals surface area contributed by atoms with E-state index in [1.165, 1.54) is 11.8 Å². The largest absolute Gasteiger partial charge is 0.309 e. The average Bonchev–Trinajstić information content (AvgIpc) is 3.03. The Kier molecular flexibility index (Phi) is 4.92. The van der Waals surface area contributed by atoms with Gasteiger partial charge in [0, 0.05) is 18.7 Å². The molecular formula is C14H15Cl2N3O2S2. The molecule has 0 radical (unpaired) electrons. The van der Waals surface area contributed by atoms with Gasteiger partial charge in [-0.15, -0.1) is 10.2 Å². The summed E-state index contributed by atoms with van der Waals surface area (Å²) in [6.45, 7) is 0. The van der Waals surface area contributed by atoms with Crippen molar-refractivity contribution < 1.29 is 8.42 Å². The number of hydrogen-bond acceptors (Lipinski definition) is 5. The molecule has 1 fully saturated rings. The van der Waals surface area contributed by atoms with Gasteiger partial charge in [0.25, 0.3) is 0 Å². The van der Waals surface area contributed by atoms with E-state index in [9.17, 15) is 8.42 Å². The van der Waals surface area contributed by atoms with Crippen molar-refractivity contribution in [3.05, 3.63) is 39.6 Å². The highest BCUT2D eigenvalue weighted by atomic mass is 35.5. The van der Waals surface area contributed by atoms with Gasteiger partial charge in [0.05, 0.1) is 21.6 Å². The van der Waals surface area contributed by atoms with Gasteiger partial charge in [0.2, 0.25) is 0 Å². The maximum absolute atomic E-state index is 11.6. The lowest BCUT2D eigenvalue weighted by atomic mass is 10.1. The highest BCUT2D eigenvalue weighted by Crippen LogP contribution is 2.31. The van der Waals surface area contributed by atoms with Crippen molar-refractivity contribution in [3.8, 4) is 0 Å². The minimum Gasteiger partial charge on any atom is -0.309 e. The Hall–Kier alpha value is -0.760. The zero-order valence-electron chi connectivity index (χ0n) is 12.4. The van der Waals surface area contributed by atoms with Crippen molar-refractivity contribution in [2.24, 2.45) is 7.05 Å². The molecule has 0 N–H and O–H groups in total. The molecule has 1 saturated heterocycles. The van der Waals surface area contributed by atoms with Crippen LogP contribution in [0.1, 0.15) is 23.7 Å². The van der Waals surface area contributed by atoms with Crippen LogP contribution in [0.4, 0.5) is 0 Å². The summed E-state index contributed by atoms with van der Waals surface area (Å²) in [6.07, 6.45) is 0.617. The summed E-state index contributed by atoms with van der Waals surface area (Å²) in [6, 6.07) is 5.52. The van der Waals surface area contributed by atoms with Crippen LogP contribution in [0.2, 0.25) is 10.0 Å². The third kappa shape index (κ3) is 3.84. The fourth-order valence-corrected chi connectivity index (χ4v) is 5.50. The predicted molar refractivity (Wildman–Crippen MR) is 93.0 cm³/mol. The molecule has 2 heterocycles. The zero-order valence-corrected chi connectivity index (χ0v) is 15.5. The van der Waals surface area contributed by atoms with Gasteiger partial charge in [0.15, 0.2) is 15.0 Å². The first-order valence-corrected chi connectivity index (χ1v) is 10.6. The molecule has 1 atom stereocenters. The van der Waals surface area contributed by atoms with E-state index in [-0.39, 0.29) is 17.4 Å². The minimum absolute atomic E-state index is 0.0585. The molecule has 23 heavy (non-hydrogen) atoms. The van der Waals surface area contributed by atoms with E-state index < -0.39 is 9.84 Å². The highest BCUT2D eigenvalue weighted by Gasteiger charge is 2.32. The number of aromatic nitrogens is 3. The lowest BCUT2D eigenvalue weighted by Crippen LogP contribution is -2.09. The van der Waals surface area contributed by atoms with Crippen LogP contribution in [-0.4, -0.2) is 34.7 Å². The molecule has 124 valence electrons. The molecule has 1 aliphatic heterocycles. The second-order valence-corrected chi connectivity index (χ2v) is 9.52. The van der Waals surface area contributed by atoms with Crippen molar-refractivity contribution in [3.63, 3.8) is 0 Å². The number of rotatable bonds is 4. The second-order valence-electron chi connectivity index (χ2n) is 5.54. The van der Waals surface area contributed by atoms with Gasteiger partial charge in [0.1, 0.15) is 5.82 Å². The van der Waals surface area contributed by atoms with E-state index in [0.717, 1.165) is 16.5 Å². The van der Waals surface area contributed by atoms with Gasteiger partial charge in [-0.25, -0.2) is 8.42 Å². The lowest BCUT2D eigenvalue weighted by molar-refractivity contribution is 0.599. The van der Waals surface area contributed by atoms with E-state index in [1.807, 2.05) is 23.7 Å². The van der Waals surface area contributed by atoms with Crippen LogP contribution < -0.4 is 0 Å². The van der Waals surface area contributed by atoms with E-state index in [2.05, 4.69) is 10.2 Å². The second kappa shape index (κ2) is 6.63. The van der Waals surface area contributed by atoms with Gasteiger partial charge in [-0.2, -0.15) is 0 Å². The molecule has 0 amide bonds. The first-order chi connectivity index (χ1) is 10.9. The van der Waals surface area contributed by atoms with Gasteiger partial charge in [-0.1, -0.05) is 41.0 Å². The number of benzene rings is 1. The topological polar surface area (TPSA) is 64.8 Å². The molecule has 0 spiro atoms. The SMILES string of the molecule is Cn1c(SCc2ccc(Cl)c(Cl)c2)nnc1[C@H]1CCS(=O)(=O)C1. The average molecular weight is 392 g/mol. The first kappa shape index (κ1) is 17.1. The summed E-state index contributed by atoms with van der Waals surface area (Å²) >= 11 is 13.5. The number of halogens is 2. The van der Waals surface area contributed by atoms with Crippen LogP contribution in [0, 0.1) is 0 Å². The Labute approximate surface area is 149 Å². The number of thioether (sulfide) groups is 1. The van der Waals surface area contributed by atoms with Crippen LogP contribution in [0.15, 0.2) is 23.4 Å². The number of hydrogen-bond donors (Lipinski definition) is 0. The fourth-order valence-electron chi connectivity index (χ4n) is 2.58. The van der Waals surface area contributed by atoms with Crippen molar-refractivity contribution in [2.45, 2.75) is 23.2 Å². The molecule has 5 nitrogen and oxygen atoms in total. The summed E-state index contributed by atoms with van der Waals surface area (Å²) < 4.78 is 25.1. The molecule has 0 bridgehead atoms. The number of sulfone groups is 1. The zero-order chi connectivity index (χ0) is 16.6. The Morgan fingerprint density at radius 2 is 2.09 bits per heavy atom. The first-order valence-electron chi connectivity index (χ1n) is 7.02. The molecule has 0 aliphatic carbocycles. The molecule has 1 aromatic carbocycles. The van der Waals surface area contributed by atoms with Crippen LogP contribution in [0.3, 0.4) is 0 Å². The van der Waals surface area contributed by atoms with Crippen LogP contribution >= 0.6 is 35.0 Å². The Morgan fingerprint density at radius 3 is 2.74 bits per heavy atom. The summed E-state index contributed by atoms with van der Waals surface area (Å²) in [5, 5.41) is 10.2. The van der Waals surface area contributed by atoms with Crippen molar-refractivity contribution in [2.75, 3.05) is 11.5 Å². The number of nitrogens with zero attached hydrogens (tertiary/aromatic N) is 3. The van der Waals surface area contributed by atoms with Crippen molar-refractivity contribution in [1.82, 2.24) is 14.8 Å². The predicted octanol–water partition coefficient (Wildman–Crippen LogP) is 3.32. The smallest absolute Gasteiger partial charge is 0.191 e. The third-order valence-corrected chi connectivity index (χ3v) is 7.42. The minimum atomic E-state index is -2.93. The standard InChI is InChI=1S/C14H15Cl2N3O2S2/c1-19-13(10-4-5-23(20,21)8-10)17-18-14(19)22-7-9-2-3-11(15)12(16)6-9/h2-3,6,10H,4-5,7-8H2,1H3/t10-/m0/s1. The van der Waals surface area contributed by atoms with Crippen LogP contribution in [0.25, 0.3) is 0 Å². The summed E-state index contributed by atoms with van der Waals surface area (Å²) in [5.74, 6) is 1.76. The maximum Gasteiger partial charge on any atom is 0.191 e. The van der Waals surface area contributed by atoms with Crippen molar-refractivity contribution in [1.29, 1.82) is 0 Å². The van der Waals surface area contributed by atoms with Gasteiger partial charge in [-0.3, -0.25) is 0 Å². The normalized spacial score (nSPS) is 20.0. The molecule has 0 saturated carbocycles. The quantitative estimate of drug-likeness (QED) is 0.747. The fraction of sp³-hybridized carbons (Fsp3) is 0.429. The van der Waals surface area contributed by atoms with E-state index in [0.29, 0.717) is 22.2 Å². The van der Waals surface area contributed by atoms with E-state index >= 15 is 0 Å². The molecular weight excluding hydrogens is 377 g/mol. The van der Waals surface area contributed by atoms with Crippen LogP contribution in [0.5, 0.6) is 0 Å². The summed E-state index contributed by atoms with van der Waals surface area (Å²) in [5.41, 5.74) is 1.04. The Bertz CT molecular complexity index is 837. The van der Waals surface area contributed by atoms with E-state index in [1.54, 1.807) is 6.07 Å². The Balaban J connectivity index is 1.71. The third-order valence-electron chi connectivity index (χ3n) is 3.82. The summed E-state index contributed by atoms with van der Waals surface area (Å²) in [4.78, 5) is 0. The van der Waals surface area contributed by atoms with Crippen molar-refractivity contribution >= 4 is 44.8 Å². The van der Waals surface area contributed by atoms with Crippen LogP contribution in [-0.2, 0) is 22.6 Å². The molecule has 3 rings (SSSR count). The van der Waals surface area contributed by atoms with E-state index in [4.69, 9.17) is 23.2 Å². The lowest BCUT2D eigenvalue weighted by Gasteiger charge is -2.08. The molecule has 9 heteroatoms. The molecule has 1 aliphatic rings. The summed E-state index contributed by atoms with van der Waals surface area (Å²) in [7, 11) is -1.06. The molecule has 2 aromatic rings.